The van der Waals surface area contributed by atoms with Crippen LogP contribution in [0.25, 0.3) is 16.4 Å². The molecule has 2 aromatic carbocycles. The summed E-state index contributed by atoms with van der Waals surface area (Å²) in [7, 11) is 0. The van der Waals surface area contributed by atoms with Crippen molar-refractivity contribution in [1.82, 2.24) is 14.8 Å². The quantitative estimate of drug-likeness (QED) is 0.111. The number of ether oxygens (including phenoxy) is 2. The molecule has 0 radical (unpaired) electrons. The Morgan fingerprint density at radius 3 is 2.69 bits per heavy atom. The van der Waals surface area contributed by atoms with Gasteiger partial charge in [0.05, 0.1) is 35.2 Å². The van der Waals surface area contributed by atoms with Gasteiger partial charge in [-0.15, -0.1) is 15.5 Å². The Labute approximate surface area is 250 Å². The largest absolute Gasteiger partial charge is 0.612 e. The van der Waals surface area contributed by atoms with Gasteiger partial charge >= 0.3 is 5.97 Å². The lowest BCUT2D eigenvalue weighted by Gasteiger charge is -2.14. The Morgan fingerprint density at radius 2 is 1.98 bits per heavy atom. The molecule has 2 fully saturated rings. The van der Waals surface area contributed by atoms with E-state index in [1.54, 1.807) is 23.1 Å². The van der Waals surface area contributed by atoms with Gasteiger partial charge in [0.15, 0.2) is 16.4 Å². The van der Waals surface area contributed by atoms with Crippen LogP contribution in [0.3, 0.4) is 0 Å². The number of thiazole rings is 1. The third-order valence-corrected chi connectivity index (χ3v) is 9.30. The van der Waals surface area contributed by atoms with Crippen LogP contribution in [0.2, 0.25) is 0 Å². The molecule has 1 atom stereocenters. The Morgan fingerprint density at radius 1 is 1.17 bits per heavy atom. The van der Waals surface area contributed by atoms with Gasteiger partial charge in [-0.3, -0.25) is 0 Å². The van der Waals surface area contributed by atoms with Gasteiger partial charge in [0, 0.05) is 22.9 Å². The highest BCUT2D eigenvalue weighted by molar-refractivity contribution is 7.79. The first-order valence-corrected chi connectivity index (χ1v) is 16.4. The van der Waals surface area contributed by atoms with E-state index < -0.39 is 22.9 Å². The second-order valence-electron chi connectivity index (χ2n) is 10.8. The first-order valence-electron chi connectivity index (χ1n) is 14.3. The number of hydrogen-bond acceptors (Lipinski definition) is 8. The van der Waals surface area contributed by atoms with Crippen LogP contribution in [0.1, 0.15) is 72.8 Å². The molecule has 2 aromatic heterocycles. The molecule has 11 heteroatoms. The van der Waals surface area contributed by atoms with Crippen molar-refractivity contribution in [2.75, 3.05) is 6.61 Å². The minimum absolute atomic E-state index is 0.202. The summed E-state index contributed by atoms with van der Waals surface area (Å²) in [6, 6.07) is 12.1. The molecule has 0 bridgehead atoms. The fraction of sp³-hybridized carbons (Fsp3) is 0.387. The number of benzene rings is 2. The van der Waals surface area contributed by atoms with Gasteiger partial charge in [-0.1, -0.05) is 18.2 Å². The summed E-state index contributed by atoms with van der Waals surface area (Å²) in [5.74, 6) is 0.0157. The molecule has 4 aromatic rings. The minimum atomic E-state index is -3.03. The molecule has 0 aliphatic heterocycles. The number of carbonyl (C=O) groups excluding carboxylic acids is 1. The molecular weight excluding hydrogens is 577 g/mol. The van der Waals surface area contributed by atoms with Crippen LogP contribution in [0, 0.1) is 11.7 Å². The monoisotopic (exact) mass is 609 g/mol. The lowest BCUT2D eigenvalue weighted by molar-refractivity contribution is 0.0520. The number of carbonyl (C=O) groups is 1. The van der Waals surface area contributed by atoms with Crippen LogP contribution in [0.4, 0.5) is 4.39 Å². The van der Waals surface area contributed by atoms with Gasteiger partial charge in [-0.25, -0.2) is 18.9 Å². The summed E-state index contributed by atoms with van der Waals surface area (Å²) in [6.45, 7) is 2.00. The lowest BCUT2D eigenvalue weighted by atomic mass is 9.97. The SMILES string of the molecule is CCOC(=O)c1csc(-n2nc(-c3cccc(OC4CCCC4)c3)c(Cc3ccc([SH+](=O)[O-])c(F)c3)c2CC2CC2)n1. The van der Waals surface area contributed by atoms with E-state index in [9.17, 15) is 17.9 Å². The number of halogens is 1. The smallest absolute Gasteiger partial charge is 0.357 e. The molecule has 42 heavy (non-hydrogen) atoms. The van der Waals surface area contributed by atoms with Crippen molar-refractivity contribution in [1.29, 1.82) is 0 Å². The molecule has 2 aliphatic rings. The molecule has 6 rings (SSSR count). The van der Waals surface area contributed by atoms with Crippen LogP contribution in [0.5, 0.6) is 5.75 Å². The van der Waals surface area contributed by atoms with Crippen molar-refractivity contribution in [2.24, 2.45) is 5.92 Å². The van der Waals surface area contributed by atoms with Gasteiger partial charge in [-0.05, 0) is 87.6 Å². The normalized spacial score (nSPS) is 16.1. The summed E-state index contributed by atoms with van der Waals surface area (Å²) in [5, 5.41) is 7.27. The zero-order valence-electron chi connectivity index (χ0n) is 23.3. The summed E-state index contributed by atoms with van der Waals surface area (Å²) in [6.07, 6.45) is 7.93. The third-order valence-electron chi connectivity index (χ3n) is 7.73. The number of rotatable bonds is 11. The maximum Gasteiger partial charge on any atom is 0.357 e. The molecule has 1 unspecified atom stereocenters. The Kier molecular flexibility index (Phi) is 8.50. The number of nitrogens with zero attached hydrogens (tertiary/aromatic N) is 3. The van der Waals surface area contributed by atoms with Gasteiger partial charge in [0.1, 0.15) is 5.75 Å². The molecule has 220 valence electrons. The highest BCUT2D eigenvalue weighted by Crippen LogP contribution is 2.39. The van der Waals surface area contributed by atoms with E-state index in [2.05, 4.69) is 4.98 Å². The number of hydrogen-bond donors (Lipinski definition) is 0. The van der Waals surface area contributed by atoms with Crippen molar-refractivity contribution < 1.29 is 27.4 Å². The number of thiol groups is 1. The summed E-state index contributed by atoms with van der Waals surface area (Å²) in [4.78, 5) is 16.6. The van der Waals surface area contributed by atoms with Crippen LogP contribution in [-0.2, 0) is 32.9 Å². The number of aromatic nitrogens is 3. The van der Waals surface area contributed by atoms with Crippen LogP contribution in [0.15, 0.2) is 52.7 Å². The molecule has 0 spiro atoms. The maximum absolute atomic E-state index is 14.7. The standard InChI is InChI=1S/C31H32FN3O5S2/c1-2-39-30(36)26-18-41-31(33-26)35-27(16-19-10-11-19)24(14-20-12-13-28(42(37)38)25(32)15-20)29(34-35)21-6-5-9-23(17-21)40-22-7-3-4-8-22/h5-6,9,12-13,15,17-19,22,42H,2-4,7-8,10-11,14,16H2,1H3. The molecule has 0 saturated heterocycles. The average molecular weight is 610 g/mol. The van der Waals surface area contributed by atoms with E-state index in [-0.39, 0.29) is 23.3 Å². The first kappa shape index (κ1) is 28.7. The molecule has 2 heterocycles. The topological polar surface area (TPSA) is 106 Å². The molecule has 0 amide bonds. The van der Waals surface area contributed by atoms with Gasteiger partial charge in [-0.2, -0.15) is 5.10 Å². The highest BCUT2D eigenvalue weighted by atomic mass is 32.2. The van der Waals surface area contributed by atoms with Crippen molar-refractivity contribution in [3.05, 3.63) is 76.2 Å². The Balaban J connectivity index is 1.45. The fourth-order valence-electron chi connectivity index (χ4n) is 5.45. The molecular formula is C31H32FN3O5S2. The van der Waals surface area contributed by atoms with Gasteiger partial charge in [0.25, 0.3) is 0 Å². The van der Waals surface area contributed by atoms with E-state index in [0.29, 0.717) is 23.0 Å². The van der Waals surface area contributed by atoms with Crippen molar-refractivity contribution in [2.45, 2.75) is 69.3 Å². The molecule has 0 N–H and O–H groups in total. The van der Waals surface area contributed by atoms with Crippen molar-refractivity contribution in [3.63, 3.8) is 0 Å². The summed E-state index contributed by atoms with van der Waals surface area (Å²) < 4.78 is 50.9. The van der Waals surface area contributed by atoms with Gasteiger partial charge in [0.2, 0.25) is 5.13 Å². The average Bonchev–Trinajstić information content (AvgIpc) is 3.31. The van der Waals surface area contributed by atoms with E-state index in [0.717, 1.165) is 60.4 Å². The lowest BCUT2D eigenvalue weighted by Crippen LogP contribution is -2.10. The predicted molar refractivity (Wildman–Crippen MR) is 158 cm³/mol. The van der Waals surface area contributed by atoms with E-state index in [1.165, 1.54) is 36.3 Å². The predicted octanol–water partition coefficient (Wildman–Crippen LogP) is 6.36. The maximum atomic E-state index is 14.7. The summed E-state index contributed by atoms with van der Waals surface area (Å²) >= 11 is -1.72. The number of esters is 1. The molecule has 8 nitrogen and oxygen atoms in total. The highest BCUT2D eigenvalue weighted by Gasteiger charge is 2.30. The van der Waals surface area contributed by atoms with Crippen LogP contribution in [-0.4, -0.2) is 38.0 Å². The Hall–Kier alpha value is -3.41. The second-order valence-corrected chi connectivity index (χ2v) is 12.7. The first-order chi connectivity index (χ1) is 20.4. The minimum Gasteiger partial charge on any atom is -0.612 e. The Bertz CT molecular complexity index is 1620. The zero-order chi connectivity index (χ0) is 29.2. The fourth-order valence-corrected chi connectivity index (χ4v) is 6.66. The second kappa shape index (κ2) is 12.4. The zero-order valence-corrected chi connectivity index (χ0v) is 25.0. The van der Waals surface area contributed by atoms with E-state index >= 15 is 0 Å². The van der Waals surface area contributed by atoms with Crippen molar-refractivity contribution in [3.8, 4) is 22.1 Å². The third kappa shape index (κ3) is 6.33. The van der Waals surface area contributed by atoms with E-state index in [1.807, 2.05) is 24.3 Å². The summed E-state index contributed by atoms with van der Waals surface area (Å²) in [5.41, 5.74) is 4.29. The molecule has 2 saturated carbocycles. The van der Waals surface area contributed by atoms with Crippen molar-refractivity contribution >= 4 is 28.4 Å². The molecule has 2 aliphatic carbocycles. The van der Waals surface area contributed by atoms with Crippen LogP contribution < -0.4 is 4.74 Å². The van der Waals surface area contributed by atoms with E-state index in [4.69, 9.17) is 14.6 Å². The van der Waals surface area contributed by atoms with Crippen LogP contribution >= 0.6 is 11.3 Å². The van der Waals surface area contributed by atoms with Gasteiger partial charge < -0.3 is 14.0 Å².